The molecule has 3 rings (SSSR count). The Balaban J connectivity index is 1.67. The molecular weight excluding hydrogens is 332 g/mol. The first-order valence-electron chi connectivity index (χ1n) is 7.92. The molecule has 128 valence electrons. The second kappa shape index (κ2) is 7.49. The number of ketones is 1. The highest BCUT2D eigenvalue weighted by atomic mass is 35.5. The molecule has 0 spiro atoms. The van der Waals surface area contributed by atoms with Crippen LogP contribution in [0, 0.1) is 0 Å². The smallest absolute Gasteiger partial charge is 0.229 e. The van der Waals surface area contributed by atoms with Crippen molar-refractivity contribution < 1.29 is 23.4 Å². The molecule has 1 aliphatic heterocycles. The number of hydrogen-bond acceptors (Lipinski definition) is 5. The molecule has 5 nitrogen and oxygen atoms in total. The zero-order valence-corrected chi connectivity index (χ0v) is 14.3. The van der Waals surface area contributed by atoms with Gasteiger partial charge in [-0.2, -0.15) is 0 Å². The van der Waals surface area contributed by atoms with E-state index in [4.69, 9.17) is 30.2 Å². The predicted molar refractivity (Wildman–Crippen MR) is 88.1 cm³/mol. The summed E-state index contributed by atoms with van der Waals surface area (Å²) in [4.78, 5) is 12.5. The van der Waals surface area contributed by atoms with Gasteiger partial charge in [0.05, 0.1) is 0 Å². The maximum absolute atomic E-state index is 12.5. The summed E-state index contributed by atoms with van der Waals surface area (Å²) in [5.41, 5.74) is 0.922. The molecular formula is C18H19ClO5. The lowest BCUT2D eigenvalue weighted by Gasteiger charge is -2.13. The molecule has 0 unspecified atom stereocenters. The molecule has 1 aromatic carbocycles. The Hall–Kier alpha value is -1.66. The first kappa shape index (κ1) is 17.2. The maximum atomic E-state index is 12.5. The van der Waals surface area contributed by atoms with Crippen LogP contribution < -0.4 is 0 Å². The van der Waals surface area contributed by atoms with E-state index in [1.165, 1.54) is 0 Å². The van der Waals surface area contributed by atoms with E-state index in [1.807, 2.05) is 26.0 Å². The molecule has 1 aliphatic rings. The third kappa shape index (κ3) is 3.70. The van der Waals surface area contributed by atoms with Crippen LogP contribution in [0.4, 0.5) is 0 Å². The Morgan fingerprint density at radius 2 is 1.79 bits per heavy atom. The van der Waals surface area contributed by atoms with Crippen molar-refractivity contribution in [2.45, 2.75) is 32.3 Å². The van der Waals surface area contributed by atoms with Crippen LogP contribution in [-0.4, -0.2) is 25.1 Å². The number of Topliss-reactive ketones (excluding diaryl/α,β-unsaturated/α-hetero) is 1. The van der Waals surface area contributed by atoms with E-state index in [2.05, 4.69) is 0 Å². The third-order valence-corrected chi connectivity index (χ3v) is 3.94. The first-order chi connectivity index (χ1) is 11.6. The van der Waals surface area contributed by atoms with Gasteiger partial charge >= 0.3 is 0 Å². The van der Waals surface area contributed by atoms with Crippen molar-refractivity contribution in [3.05, 3.63) is 58.5 Å². The Labute approximate surface area is 145 Å². The van der Waals surface area contributed by atoms with Crippen LogP contribution in [0.1, 0.15) is 48.1 Å². The zero-order valence-electron chi connectivity index (χ0n) is 13.5. The summed E-state index contributed by atoms with van der Waals surface area (Å²) in [6.07, 6.45) is -1.38. The van der Waals surface area contributed by atoms with Gasteiger partial charge in [-0.15, -0.1) is 0 Å². The lowest BCUT2D eigenvalue weighted by molar-refractivity contribution is -0.150. The van der Waals surface area contributed by atoms with Gasteiger partial charge in [-0.25, -0.2) is 0 Å². The summed E-state index contributed by atoms with van der Waals surface area (Å²) in [6, 6.07) is 10.6. The van der Waals surface area contributed by atoms with E-state index in [0.29, 0.717) is 24.0 Å². The Morgan fingerprint density at radius 3 is 2.42 bits per heavy atom. The van der Waals surface area contributed by atoms with Crippen molar-refractivity contribution in [1.29, 1.82) is 0 Å². The van der Waals surface area contributed by atoms with Gasteiger partial charge in [0.15, 0.2) is 17.6 Å². The number of epoxide rings is 1. The second-order valence-corrected chi connectivity index (χ2v) is 5.77. The van der Waals surface area contributed by atoms with Gasteiger partial charge < -0.3 is 18.6 Å². The monoisotopic (exact) mass is 350 g/mol. The average Bonchev–Trinajstić information content (AvgIpc) is 3.22. The topological polar surface area (TPSA) is 61.2 Å². The van der Waals surface area contributed by atoms with Crippen molar-refractivity contribution in [3.8, 4) is 0 Å². The van der Waals surface area contributed by atoms with E-state index in [0.717, 1.165) is 5.56 Å². The molecule has 2 atom stereocenters. The van der Waals surface area contributed by atoms with Crippen LogP contribution in [0.15, 0.2) is 40.8 Å². The minimum Gasteiger partial charge on any atom is -0.452 e. The SMILES string of the molecule is CCOC(OCC)c1ccc(C(=O)[C@H]2O[C@@H]2c2ccc(Cl)cc2)o1. The van der Waals surface area contributed by atoms with Crippen LogP contribution in [-0.2, 0) is 14.2 Å². The third-order valence-electron chi connectivity index (χ3n) is 3.69. The number of furan rings is 1. The molecule has 2 heterocycles. The van der Waals surface area contributed by atoms with Gasteiger partial charge in [-0.1, -0.05) is 23.7 Å². The van der Waals surface area contributed by atoms with Crippen LogP contribution in [0.3, 0.4) is 0 Å². The standard InChI is InChI=1S/C18H19ClO5/c1-3-21-18(22-4-2)14-10-9-13(23-14)15(20)17-16(24-17)11-5-7-12(19)8-6-11/h5-10,16-18H,3-4H2,1-2H3/t16-,17-/m1/s1. The number of rotatable bonds is 8. The zero-order chi connectivity index (χ0) is 17.1. The van der Waals surface area contributed by atoms with Crippen molar-refractivity contribution in [1.82, 2.24) is 0 Å². The fraction of sp³-hybridized carbons (Fsp3) is 0.389. The number of hydrogen-bond donors (Lipinski definition) is 0. The largest absolute Gasteiger partial charge is 0.452 e. The molecule has 0 saturated carbocycles. The molecule has 1 aromatic heterocycles. The number of benzene rings is 1. The fourth-order valence-electron chi connectivity index (χ4n) is 2.48. The summed E-state index contributed by atoms with van der Waals surface area (Å²) < 4.78 is 22.1. The molecule has 1 fully saturated rings. The predicted octanol–water partition coefficient (Wildman–Crippen LogP) is 4.33. The molecule has 0 aliphatic carbocycles. The lowest BCUT2D eigenvalue weighted by atomic mass is 10.1. The number of ether oxygens (including phenoxy) is 3. The molecule has 0 N–H and O–H groups in total. The van der Waals surface area contributed by atoms with Gasteiger partial charge in [-0.05, 0) is 43.7 Å². The van der Waals surface area contributed by atoms with E-state index in [-0.39, 0.29) is 17.6 Å². The maximum Gasteiger partial charge on any atom is 0.229 e. The van der Waals surface area contributed by atoms with E-state index in [9.17, 15) is 4.79 Å². The van der Waals surface area contributed by atoms with Gasteiger partial charge in [-0.3, -0.25) is 4.79 Å². The molecule has 0 radical (unpaired) electrons. The van der Waals surface area contributed by atoms with Crippen LogP contribution in [0.25, 0.3) is 0 Å². The first-order valence-corrected chi connectivity index (χ1v) is 8.30. The van der Waals surface area contributed by atoms with Gasteiger partial charge in [0.25, 0.3) is 0 Å². The van der Waals surface area contributed by atoms with Crippen molar-refractivity contribution in [2.75, 3.05) is 13.2 Å². The van der Waals surface area contributed by atoms with E-state index < -0.39 is 12.4 Å². The van der Waals surface area contributed by atoms with Crippen LogP contribution in [0.2, 0.25) is 5.02 Å². The lowest BCUT2D eigenvalue weighted by Crippen LogP contribution is -2.09. The molecule has 1 saturated heterocycles. The Morgan fingerprint density at radius 1 is 1.12 bits per heavy atom. The minimum atomic E-state index is -0.603. The molecule has 0 bridgehead atoms. The quantitative estimate of drug-likeness (QED) is 0.403. The van der Waals surface area contributed by atoms with Crippen molar-refractivity contribution in [2.24, 2.45) is 0 Å². The molecule has 24 heavy (non-hydrogen) atoms. The number of carbonyl (C=O) groups excluding carboxylic acids is 1. The number of carbonyl (C=O) groups is 1. The highest BCUT2D eigenvalue weighted by Crippen LogP contribution is 2.41. The Bertz CT molecular complexity index is 688. The fourth-order valence-corrected chi connectivity index (χ4v) is 2.61. The normalized spacial score (nSPS) is 19.7. The average molecular weight is 351 g/mol. The summed E-state index contributed by atoms with van der Waals surface area (Å²) >= 11 is 5.87. The van der Waals surface area contributed by atoms with E-state index >= 15 is 0 Å². The molecule has 6 heteroatoms. The summed E-state index contributed by atoms with van der Waals surface area (Å²) in [5, 5.41) is 0.649. The van der Waals surface area contributed by atoms with Gasteiger partial charge in [0.1, 0.15) is 6.10 Å². The van der Waals surface area contributed by atoms with Crippen molar-refractivity contribution in [3.63, 3.8) is 0 Å². The van der Waals surface area contributed by atoms with Crippen LogP contribution >= 0.6 is 11.6 Å². The van der Waals surface area contributed by atoms with Gasteiger partial charge in [0, 0.05) is 18.2 Å². The summed E-state index contributed by atoms with van der Waals surface area (Å²) in [6.45, 7) is 4.71. The Kier molecular flexibility index (Phi) is 5.36. The molecule has 2 aromatic rings. The summed E-state index contributed by atoms with van der Waals surface area (Å²) in [7, 11) is 0. The van der Waals surface area contributed by atoms with E-state index in [1.54, 1.807) is 24.3 Å². The van der Waals surface area contributed by atoms with Gasteiger partial charge in [0.2, 0.25) is 12.1 Å². The van der Waals surface area contributed by atoms with Crippen molar-refractivity contribution >= 4 is 17.4 Å². The minimum absolute atomic E-state index is 0.187. The highest BCUT2D eigenvalue weighted by Gasteiger charge is 2.47. The second-order valence-electron chi connectivity index (χ2n) is 5.34. The van der Waals surface area contributed by atoms with Crippen LogP contribution in [0.5, 0.6) is 0 Å². The highest BCUT2D eigenvalue weighted by molar-refractivity contribution is 6.30. The summed E-state index contributed by atoms with van der Waals surface area (Å²) in [5.74, 6) is 0.537. The number of halogens is 1. The molecule has 0 amide bonds.